The molecule has 0 aliphatic heterocycles. The van der Waals surface area contributed by atoms with E-state index in [0.29, 0.717) is 38.6 Å². The highest BCUT2D eigenvalue weighted by molar-refractivity contribution is 5.75. The molecule has 0 radical (unpaired) electrons. The molecule has 2 unspecified atom stereocenters. The van der Waals surface area contributed by atoms with E-state index in [0.717, 1.165) is 32.1 Å². The standard InChI is InChI=1S/C46H66O4.C6H12O2/c1-34(20-15-22-36(3)25-27-42-38(5)30-40(49-12)32-45(42,7)8)18-13-14-19-35(2)21-16-23-37(4)26-28-43-39(6)31-41(33-46(43,9)10)50-44(47)24-17-29-48-11;1-6(7)4-3-5-8-2/h13-16,18-23,25-28,40-41H,17,24,29-33H2,1-12H3;3-5H2,1-2H3/b14-13+,20-15+,21-16+,27-25+,28-26+,34-18+,35-19+,36-22+,37-23+;. The largest absolute Gasteiger partial charge is 0.462 e. The minimum atomic E-state index is -0.129. The number of hydrogen-bond donors (Lipinski definition) is 0. The van der Waals surface area contributed by atoms with Crippen LogP contribution in [0.15, 0.2) is 130 Å². The molecule has 6 nitrogen and oxygen atoms in total. The molecule has 0 aromatic rings. The summed E-state index contributed by atoms with van der Waals surface area (Å²) < 4.78 is 21.2. The van der Waals surface area contributed by atoms with Crippen molar-refractivity contribution >= 4 is 11.8 Å². The first kappa shape index (κ1) is 52.2. The summed E-state index contributed by atoms with van der Waals surface area (Å²) in [5.74, 6) is 0.109. The maximum absolute atomic E-state index is 12.2. The Labute approximate surface area is 354 Å². The second-order valence-corrected chi connectivity index (χ2v) is 17.2. The number of carbonyl (C=O) groups excluding carboxylic acids is 2. The lowest BCUT2D eigenvalue weighted by Crippen LogP contribution is -2.31. The SMILES string of the molecule is COCCCC(=O)OC1CC(C)=C(/C=C/C(C)=C/C=C/C(C)=C/C=C/C=C(C)/C=C/C=C(C)/C=C/C2=C(C)CC(OC)CC2(C)C)C(C)(C)C1.COCCCC(C)=O. The van der Waals surface area contributed by atoms with Crippen molar-refractivity contribution in [2.45, 2.75) is 140 Å². The van der Waals surface area contributed by atoms with Gasteiger partial charge in [0.2, 0.25) is 0 Å². The van der Waals surface area contributed by atoms with Crippen molar-refractivity contribution in [3.8, 4) is 0 Å². The monoisotopic (exact) mass is 799 g/mol. The van der Waals surface area contributed by atoms with Crippen molar-refractivity contribution in [3.05, 3.63) is 130 Å². The first-order chi connectivity index (χ1) is 27.3. The number of Topliss-reactive ketones (excluding diaryl/α,β-unsaturated/α-hetero) is 1. The van der Waals surface area contributed by atoms with Gasteiger partial charge in [0.15, 0.2) is 0 Å². The van der Waals surface area contributed by atoms with Gasteiger partial charge < -0.3 is 23.7 Å². The molecule has 2 atom stereocenters. The minimum absolute atomic E-state index is 0.0630. The van der Waals surface area contributed by atoms with E-state index in [1.54, 1.807) is 21.1 Å². The quantitative estimate of drug-likeness (QED) is 0.0694. The Morgan fingerprint density at radius 1 is 0.586 bits per heavy atom. The third kappa shape index (κ3) is 21.8. The lowest BCUT2D eigenvalue weighted by atomic mass is 9.71. The second-order valence-electron chi connectivity index (χ2n) is 17.2. The number of rotatable bonds is 20. The van der Waals surface area contributed by atoms with Crippen LogP contribution >= 0.6 is 0 Å². The Morgan fingerprint density at radius 3 is 1.40 bits per heavy atom. The molecule has 2 aliphatic rings. The van der Waals surface area contributed by atoms with Gasteiger partial charge in [-0.15, -0.1) is 0 Å². The topological polar surface area (TPSA) is 71.1 Å². The van der Waals surface area contributed by atoms with E-state index in [4.69, 9.17) is 18.9 Å². The molecule has 0 amide bonds. The Bertz CT molecular complexity index is 1660. The molecule has 0 bridgehead atoms. The third-order valence-corrected chi connectivity index (χ3v) is 10.5. The van der Waals surface area contributed by atoms with Crippen LogP contribution in [0.25, 0.3) is 0 Å². The number of esters is 1. The first-order valence-corrected chi connectivity index (χ1v) is 21.0. The fraction of sp³-hybridized carbons (Fsp3) is 0.538. The lowest BCUT2D eigenvalue weighted by Gasteiger charge is -2.37. The molecule has 0 heterocycles. The zero-order valence-electron chi connectivity index (χ0n) is 38.8. The smallest absolute Gasteiger partial charge is 0.306 e. The number of methoxy groups -OCH3 is 3. The average Bonchev–Trinajstić information content (AvgIpc) is 3.12. The van der Waals surface area contributed by atoms with Gasteiger partial charge in [-0.25, -0.2) is 0 Å². The zero-order valence-corrected chi connectivity index (χ0v) is 38.8. The van der Waals surface area contributed by atoms with Gasteiger partial charge in [0, 0.05) is 53.8 Å². The molecule has 0 spiro atoms. The van der Waals surface area contributed by atoms with Crippen LogP contribution in [-0.2, 0) is 28.5 Å². The summed E-state index contributed by atoms with van der Waals surface area (Å²) >= 11 is 0. The molecule has 0 N–H and O–H groups in total. The highest BCUT2D eigenvalue weighted by atomic mass is 16.5. The van der Waals surface area contributed by atoms with Gasteiger partial charge in [0.25, 0.3) is 0 Å². The van der Waals surface area contributed by atoms with Crippen LogP contribution in [0.4, 0.5) is 0 Å². The van der Waals surface area contributed by atoms with Gasteiger partial charge in [-0.3, -0.25) is 4.79 Å². The highest BCUT2D eigenvalue weighted by Gasteiger charge is 2.34. The number of hydrogen-bond acceptors (Lipinski definition) is 6. The number of ether oxygens (including phenoxy) is 4. The van der Waals surface area contributed by atoms with Crippen molar-refractivity contribution < 1.29 is 28.5 Å². The summed E-state index contributed by atoms with van der Waals surface area (Å²) in [6.45, 7) is 24.9. The van der Waals surface area contributed by atoms with Crippen LogP contribution in [0.1, 0.15) is 128 Å². The van der Waals surface area contributed by atoms with Crippen LogP contribution < -0.4 is 0 Å². The van der Waals surface area contributed by atoms with Crippen LogP contribution in [-0.4, -0.2) is 58.5 Å². The number of allylic oxidation sites excluding steroid dienone is 20. The molecular weight excluding hydrogens is 721 g/mol. The van der Waals surface area contributed by atoms with E-state index in [2.05, 4.69) is 154 Å². The Kier molecular flexibility index (Phi) is 25.0. The second kappa shape index (κ2) is 27.8. The molecular formula is C52H78O6. The number of ketones is 1. The predicted molar refractivity (Wildman–Crippen MR) is 246 cm³/mol. The Balaban J connectivity index is 0.00000189. The van der Waals surface area contributed by atoms with Gasteiger partial charge in [-0.05, 0) is 103 Å². The van der Waals surface area contributed by atoms with E-state index >= 15 is 0 Å². The predicted octanol–water partition coefficient (Wildman–Crippen LogP) is 13.2. The molecule has 0 fully saturated rings. The summed E-state index contributed by atoms with van der Waals surface area (Å²) in [6.07, 6.45) is 36.7. The highest BCUT2D eigenvalue weighted by Crippen LogP contribution is 2.43. The maximum atomic E-state index is 12.2. The van der Waals surface area contributed by atoms with Gasteiger partial charge in [0.1, 0.15) is 11.9 Å². The van der Waals surface area contributed by atoms with Crippen LogP contribution in [0.2, 0.25) is 0 Å². The molecule has 0 saturated heterocycles. The van der Waals surface area contributed by atoms with E-state index in [1.807, 2.05) is 7.11 Å². The molecule has 0 aromatic heterocycles. The van der Waals surface area contributed by atoms with Gasteiger partial charge >= 0.3 is 5.97 Å². The lowest BCUT2D eigenvalue weighted by molar-refractivity contribution is -0.150. The summed E-state index contributed by atoms with van der Waals surface area (Å²) in [7, 11) is 5.11. The first-order valence-electron chi connectivity index (χ1n) is 21.0. The van der Waals surface area contributed by atoms with Crippen molar-refractivity contribution in [2.75, 3.05) is 34.5 Å². The summed E-state index contributed by atoms with van der Waals surface area (Å²) in [5.41, 5.74) is 10.3. The molecule has 0 aromatic carbocycles. The fourth-order valence-electron chi connectivity index (χ4n) is 7.39. The molecule has 2 aliphatic carbocycles. The van der Waals surface area contributed by atoms with Crippen molar-refractivity contribution in [1.29, 1.82) is 0 Å². The summed E-state index contributed by atoms with van der Waals surface area (Å²) in [6, 6.07) is 0. The zero-order chi connectivity index (χ0) is 43.7. The summed E-state index contributed by atoms with van der Waals surface area (Å²) in [4.78, 5) is 22.5. The fourth-order valence-corrected chi connectivity index (χ4v) is 7.39. The van der Waals surface area contributed by atoms with Crippen LogP contribution in [0, 0.1) is 10.8 Å². The van der Waals surface area contributed by atoms with Gasteiger partial charge in [0.05, 0.1) is 6.10 Å². The molecule has 58 heavy (non-hydrogen) atoms. The van der Waals surface area contributed by atoms with E-state index in [9.17, 15) is 9.59 Å². The average molecular weight is 799 g/mol. The summed E-state index contributed by atoms with van der Waals surface area (Å²) in [5, 5.41) is 0. The van der Waals surface area contributed by atoms with Crippen molar-refractivity contribution in [2.24, 2.45) is 10.8 Å². The van der Waals surface area contributed by atoms with Gasteiger partial charge in [-0.2, -0.15) is 0 Å². The van der Waals surface area contributed by atoms with E-state index in [-0.39, 0.29) is 28.7 Å². The van der Waals surface area contributed by atoms with Crippen molar-refractivity contribution in [1.82, 2.24) is 0 Å². The van der Waals surface area contributed by atoms with E-state index in [1.165, 1.54) is 44.6 Å². The minimum Gasteiger partial charge on any atom is -0.462 e. The van der Waals surface area contributed by atoms with Crippen LogP contribution in [0.5, 0.6) is 0 Å². The Morgan fingerprint density at radius 2 is 0.983 bits per heavy atom. The van der Waals surface area contributed by atoms with Crippen molar-refractivity contribution in [3.63, 3.8) is 0 Å². The van der Waals surface area contributed by atoms with E-state index < -0.39 is 0 Å². The molecule has 0 saturated carbocycles. The normalized spacial score (nSPS) is 20.9. The third-order valence-electron chi connectivity index (χ3n) is 10.5. The number of carbonyl (C=O) groups is 2. The maximum Gasteiger partial charge on any atom is 0.306 e. The Hall–Kier alpha value is -3.84. The molecule has 322 valence electrons. The van der Waals surface area contributed by atoms with Crippen LogP contribution in [0.3, 0.4) is 0 Å². The van der Waals surface area contributed by atoms with Gasteiger partial charge in [-0.1, -0.05) is 146 Å². The molecule has 2 rings (SSSR count). The molecule has 6 heteroatoms.